The summed E-state index contributed by atoms with van der Waals surface area (Å²) in [7, 11) is -2.84. The van der Waals surface area contributed by atoms with Crippen LogP contribution in [0.1, 0.15) is 47.0 Å². The van der Waals surface area contributed by atoms with Gasteiger partial charge in [0.05, 0.1) is 5.75 Å². The average molecular weight is 292 g/mol. The molecule has 0 heterocycles. The fourth-order valence-corrected chi connectivity index (χ4v) is 3.39. The molecule has 0 radical (unpaired) electrons. The second kappa shape index (κ2) is 10.6. The van der Waals surface area contributed by atoms with Gasteiger partial charge >= 0.3 is 0 Å². The van der Waals surface area contributed by atoms with E-state index in [4.69, 9.17) is 0 Å². The van der Waals surface area contributed by atoms with Gasteiger partial charge in [0.1, 0.15) is 0 Å². The Balaban J connectivity index is 3.67. The Hall–Kier alpha value is -0.130. The molecule has 116 valence electrons. The first-order chi connectivity index (χ1) is 8.95. The molecule has 5 heteroatoms. The van der Waals surface area contributed by atoms with E-state index in [9.17, 15) is 8.42 Å². The zero-order chi connectivity index (χ0) is 14.7. The summed E-state index contributed by atoms with van der Waals surface area (Å²) in [6.07, 6.45) is 2.98. The van der Waals surface area contributed by atoms with Gasteiger partial charge in [-0.3, -0.25) is 0 Å². The Morgan fingerprint density at radius 1 is 1.11 bits per heavy atom. The van der Waals surface area contributed by atoms with Crippen LogP contribution in [0, 0.1) is 0 Å². The predicted molar refractivity (Wildman–Crippen MR) is 83.4 cm³/mol. The fraction of sp³-hybridized carbons (Fsp3) is 1.00. The maximum atomic E-state index is 11.5. The van der Waals surface area contributed by atoms with E-state index in [2.05, 4.69) is 31.0 Å². The van der Waals surface area contributed by atoms with Gasteiger partial charge in [0.2, 0.25) is 0 Å². The highest BCUT2D eigenvalue weighted by Gasteiger charge is 2.10. The minimum atomic E-state index is -2.84. The van der Waals surface area contributed by atoms with Crippen molar-refractivity contribution in [2.75, 3.05) is 37.7 Å². The number of nitrogens with one attached hydrogen (secondary N) is 1. The number of nitrogens with zero attached hydrogens (tertiary/aromatic N) is 1. The Morgan fingerprint density at radius 2 is 1.74 bits per heavy atom. The summed E-state index contributed by atoms with van der Waals surface area (Å²) in [5.41, 5.74) is 0. The van der Waals surface area contributed by atoms with Gasteiger partial charge in [0.25, 0.3) is 0 Å². The van der Waals surface area contributed by atoms with E-state index in [1.807, 2.05) is 6.92 Å². The smallest absolute Gasteiger partial charge is 0.151 e. The lowest BCUT2D eigenvalue weighted by Crippen LogP contribution is -2.32. The Labute approximate surface area is 119 Å². The fourth-order valence-electron chi connectivity index (χ4n) is 2.14. The first kappa shape index (κ1) is 18.9. The monoisotopic (exact) mass is 292 g/mol. The largest absolute Gasteiger partial charge is 0.313 e. The molecule has 0 rings (SSSR count). The molecular formula is C14H32N2O2S. The zero-order valence-electron chi connectivity index (χ0n) is 13.1. The first-order valence-corrected chi connectivity index (χ1v) is 9.43. The molecule has 0 amide bonds. The molecule has 0 bridgehead atoms. The Bertz CT molecular complexity index is 301. The van der Waals surface area contributed by atoms with Gasteiger partial charge in [0, 0.05) is 18.3 Å². The zero-order valence-corrected chi connectivity index (χ0v) is 13.9. The van der Waals surface area contributed by atoms with Crippen molar-refractivity contribution >= 4 is 9.84 Å². The minimum absolute atomic E-state index is 0.265. The molecule has 0 saturated carbocycles. The van der Waals surface area contributed by atoms with Crippen LogP contribution in [0.4, 0.5) is 0 Å². The molecule has 0 saturated heterocycles. The van der Waals surface area contributed by atoms with Gasteiger partial charge in [-0.15, -0.1) is 0 Å². The van der Waals surface area contributed by atoms with E-state index < -0.39 is 9.84 Å². The highest BCUT2D eigenvalue weighted by Crippen LogP contribution is 2.00. The topological polar surface area (TPSA) is 49.4 Å². The number of hydrogen-bond donors (Lipinski definition) is 1. The first-order valence-electron chi connectivity index (χ1n) is 7.61. The summed E-state index contributed by atoms with van der Waals surface area (Å²) in [4.78, 5) is 2.42. The highest BCUT2D eigenvalue weighted by atomic mass is 32.2. The lowest BCUT2D eigenvalue weighted by Gasteiger charge is -2.19. The molecule has 0 spiro atoms. The van der Waals surface area contributed by atoms with Gasteiger partial charge in [-0.1, -0.05) is 20.8 Å². The van der Waals surface area contributed by atoms with E-state index in [0.717, 1.165) is 32.5 Å². The molecule has 0 aliphatic rings. The van der Waals surface area contributed by atoms with Crippen molar-refractivity contribution in [3.8, 4) is 0 Å². The normalized spacial score (nSPS) is 13.9. The summed E-state index contributed by atoms with van der Waals surface area (Å²) in [6.45, 7) is 12.3. The maximum absolute atomic E-state index is 11.5. The summed E-state index contributed by atoms with van der Waals surface area (Å²) in [5.74, 6) is 0.576. The second-order valence-electron chi connectivity index (χ2n) is 5.18. The third kappa shape index (κ3) is 10.3. The summed E-state index contributed by atoms with van der Waals surface area (Å²) < 4.78 is 23.1. The van der Waals surface area contributed by atoms with Gasteiger partial charge in [0.15, 0.2) is 9.84 Å². The number of rotatable bonds is 12. The molecule has 0 aromatic rings. The molecule has 0 aromatic carbocycles. The molecule has 1 unspecified atom stereocenters. The predicted octanol–water partition coefficient (Wildman–Crippen LogP) is 1.91. The van der Waals surface area contributed by atoms with Crippen LogP contribution in [0.15, 0.2) is 0 Å². The number of hydrogen-bond acceptors (Lipinski definition) is 4. The molecule has 0 fully saturated rings. The summed E-state index contributed by atoms with van der Waals surface area (Å²) >= 11 is 0. The van der Waals surface area contributed by atoms with E-state index in [1.165, 1.54) is 0 Å². The van der Waals surface area contributed by atoms with Gasteiger partial charge in [-0.25, -0.2) is 8.42 Å². The Kier molecular flexibility index (Phi) is 10.6. The van der Waals surface area contributed by atoms with Crippen LogP contribution in [0.3, 0.4) is 0 Å². The third-order valence-corrected chi connectivity index (χ3v) is 5.28. The van der Waals surface area contributed by atoms with Crippen LogP contribution in [0.25, 0.3) is 0 Å². The van der Waals surface area contributed by atoms with Crippen molar-refractivity contribution in [3.05, 3.63) is 0 Å². The quantitative estimate of drug-likeness (QED) is 0.597. The molecule has 1 N–H and O–H groups in total. The highest BCUT2D eigenvalue weighted by molar-refractivity contribution is 7.91. The van der Waals surface area contributed by atoms with Crippen LogP contribution in [0.2, 0.25) is 0 Å². The van der Waals surface area contributed by atoms with E-state index in [-0.39, 0.29) is 5.75 Å². The second-order valence-corrected chi connectivity index (χ2v) is 7.48. The van der Waals surface area contributed by atoms with Crippen molar-refractivity contribution in [2.24, 2.45) is 0 Å². The summed E-state index contributed by atoms with van der Waals surface area (Å²) in [6, 6.07) is 0.396. The number of sulfone groups is 1. The molecular weight excluding hydrogens is 260 g/mol. The molecule has 0 aromatic heterocycles. The Morgan fingerprint density at radius 3 is 2.26 bits per heavy atom. The van der Waals surface area contributed by atoms with Crippen LogP contribution < -0.4 is 5.32 Å². The maximum Gasteiger partial charge on any atom is 0.151 e. The molecule has 4 nitrogen and oxygen atoms in total. The minimum Gasteiger partial charge on any atom is -0.313 e. The van der Waals surface area contributed by atoms with Crippen molar-refractivity contribution in [2.45, 2.75) is 53.0 Å². The van der Waals surface area contributed by atoms with Crippen molar-refractivity contribution in [1.82, 2.24) is 10.2 Å². The third-order valence-electron chi connectivity index (χ3n) is 3.43. The van der Waals surface area contributed by atoms with E-state index >= 15 is 0 Å². The van der Waals surface area contributed by atoms with Crippen LogP contribution >= 0.6 is 0 Å². The van der Waals surface area contributed by atoms with Gasteiger partial charge < -0.3 is 10.2 Å². The van der Waals surface area contributed by atoms with E-state index in [1.54, 1.807) is 0 Å². The lowest BCUT2D eigenvalue weighted by atomic mass is 10.2. The molecule has 1 atom stereocenters. The molecule has 0 aliphatic heterocycles. The standard InChI is InChI=1S/C14H32N2O2S/c1-5-12-19(17,18)13-10-15-14(4)9-8-11-16(6-2)7-3/h14-15H,5-13H2,1-4H3. The van der Waals surface area contributed by atoms with Crippen LogP contribution in [-0.4, -0.2) is 57.0 Å². The van der Waals surface area contributed by atoms with E-state index in [0.29, 0.717) is 24.8 Å². The SMILES string of the molecule is CCCS(=O)(=O)CCNC(C)CCCN(CC)CC. The van der Waals surface area contributed by atoms with Gasteiger partial charge in [-0.2, -0.15) is 0 Å². The van der Waals surface area contributed by atoms with Crippen LogP contribution in [0.5, 0.6) is 0 Å². The molecule has 19 heavy (non-hydrogen) atoms. The van der Waals surface area contributed by atoms with Crippen molar-refractivity contribution in [1.29, 1.82) is 0 Å². The average Bonchev–Trinajstić information content (AvgIpc) is 2.34. The van der Waals surface area contributed by atoms with Crippen molar-refractivity contribution in [3.63, 3.8) is 0 Å². The van der Waals surface area contributed by atoms with Crippen LogP contribution in [-0.2, 0) is 9.84 Å². The lowest BCUT2D eigenvalue weighted by molar-refractivity contribution is 0.291. The molecule has 0 aliphatic carbocycles. The summed E-state index contributed by atoms with van der Waals surface area (Å²) in [5, 5.41) is 3.31. The van der Waals surface area contributed by atoms with Crippen molar-refractivity contribution < 1.29 is 8.42 Å². The van der Waals surface area contributed by atoms with Gasteiger partial charge in [-0.05, 0) is 45.8 Å².